The first-order valence-electron chi connectivity index (χ1n) is 6.41. The standard InChI is InChI=1S/C14H20ClN3/c1-9-4-3-7-18(10(9)2)11-5-6-12(14(16)17)13(15)8-11/h5-6,8-10H,3-4,7H2,1-2H3,(H3,16,17). The molecular formula is C14H20ClN3. The predicted octanol–water partition coefficient (Wildman–Crippen LogP) is 3.25. The highest BCUT2D eigenvalue weighted by Gasteiger charge is 2.25. The van der Waals surface area contributed by atoms with E-state index in [-0.39, 0.29) is 5.84 Å². The second-order valence-electron chi connectivity index (χ2n) is 5.13. The van der Waals surface area contributed by atoms with Gasteiger partial charge in [0.25, 0.3) is 0 Å². The van der Waals surface area contributed by atoms with Crippen LogP contribution in [-0.2, 0) is 0 Å². The molecule has 0 radical (unpaired) electrons. The van der Waals surface area contributed by atoms with E-state index in [1.165, 1.54) is 12.8 Å². The lowest BCUT2D eigenvalue weighted by atomic mass is 9.91. The second-order valence-corrected chi connectivity index (χ2v) is 5.54. The number of nitrogen functional groups attached to an aromatic ring is 1. The maximum absolute atomic E-state index is 7.44. The quantitative estimate of drug-likeness (QED) is 0.637. The number of amidine groups is 1. The number of nitrogens with one attached hydrogen (secondary N) is 1. The molecule has 2 atom stereocenters. The van der Waals surface area contributed by atoms with Crippen LogP contribution in [-0.4, -0.2) is 18.4 Å². The van der Waals surface area contributed by atoms with E-state index in [0.29, 0.717) is 22.5 Å². The molecule has 3 N–H and O–H groups in total. The number of anilines is 1. The summed E-state index contributed by atoms with van der Waals surface area (Å²) >= 11 is 6.18. The van der Waals surface area contributed by atoms with Gasteiger partial charge in [0.1, 0.15) is 5.84 Å². The first-order valence-corrected chi connectivity index (χ1v) is 6.79. The Balaban J connectivity index is 2.28. The van der Waals surface area contributed by atoms with Crippen LogP contribution in [0.1, 0.15) is 32.3 Å². The summed E-state index contributed by atoms with van der Waals surface area (Å²) in [7, 11) is 0. The number of hydrogen-bond acceptors (Lipinski definition) is 2. The van der Waals surface area contributed by atoms with E-state index < -0.39 is 0 Å². The van der Waals surface area contributed by atoms with Crippen molar-refractivity contribution < 1.29 is 0 Å². The molecule has 1 aromatic carbocycles. The van der Waals surface area contributed by atoms with Crippen molar-refractivity contribution in [1.29, 1.82) is 5.41 Å². The van der Waals surface area contributed by atoms with E-state index >= 15 is 0 Å². The summed E-state index contributed by atoms with van der Waals surface area (Å²) < 4.78 is 0. The molecule has 1 fully saturated rings. The summed E-state index contributed by atoms with van der Waals surface area (Å²) in [5.74, 6) is 0.719. The van der Waals surface area contributed by atoms with Gasteiger partial charge in [0.15, 0.2) is 0 Å². The number of halogens is 1. The third kappa shape index (κ3) is 2.46. The SMILES string of the molecule is CC1CCCN(c2ccc(C(=N)N)c(Cl)c2)C1C. The van der Waals surface area contributed by atoms with Crippen molar-refractivity contribution in [3.8, 4) is 0 Å². The minimum Gasteiger partial charge on any atom is -0.384 e. The van der Waals surface area contributed by atoms with Gasteiger partial charge < -0.3 is 10.6 Å². The Hall–Kier alpha value is -1.22. The second kappa shape index (κ2) is 5.19. The highest BCUT2D eigenvalue weighted by molar-refractivity contribution is 6.34. The van der Waals surface area contributed by atoms with Crippen molar-refractivity contribution in [2.45, 2.75) is 32.7 Å². The number of nitrogens with two attached hydrogens (primary N) is 1. The van der Waals surface area contributed by atoms with Crippen LogP contribution in [0.25, 0.3) is 0 Å². The molecular weight excluding hydrogens is 246 g/mol. The minimum absolute atomic E-state index is 0.0200. The molecule has 0 saturated carbocycles. The zero-order chi connectivity index (χ0) is 13.3. The predicted molar refractivity (Wildman–Crippen MR) is 77.7 cm³/mol. The fourth-order valence-electron chi connectivity index (χ4n) is 2.60. The van der Waals surface area contributed by atoms with Crippen LogP contribution in [0.4, 0.5) is 5.69 Å². The Morgan fingerprint density at radius 2 is 2.17 bits per heavy atom. The molecule has 0 aliphatic carbocycles. The van der Waals surface area contributed by atoms with Gasteiger partial charge in [0.05, 0.1) is 5.02 Å². The van der Waals surface area contributed by atoms with Crippen molar-refractivity contribution >= 4 is 23.1 Å². The summed E-state index contributed by atoms with van der Waals surface area (Å²) in [5, 5.41) is 8.00. The van der Waals surface area contributed by atoms with Gasteiger partial charge in [-0.05, 0) is 43.9 Å². The van der Waals surface area contributed by atoms with Crippen LogP contribution in [0, 0.1) is 11.3 Å². The summed E-state index contributed by atoms with van der Waals surface area (Å²) in [4.78, 5) is 2.39. The van der Waals surface area contributed by atoms with E-state index in [4.69, 9.17) is 22.7 Å². The van der Waals surface area contributed by atoms with Crippen molar-refractivity contribution in [3.05, 3.63) is 28.8 Å². The van der Waals surface area contributed by atoms with Gasteiger partial charge in [-0.2, -0.15) is 0 Å². The average molecular weight is 266 g/mol. The fraction of sp³-hybridized carbons (Fsp3) is 0.500. The molecule has 3 nitrogen and oxygen atoms in total. The Labute approximate surface area is 113 Å². The molecule has 0 bridgehead atoms. The van der Waals surface area contributed by atoms with E-state index in [1.54, 1.807) is 0 Å². The normalized spacial score (nSPS) is 24.1. The molecule has 0 amide bonds. The first kappa shape index (κ1) is 13.2. The van der Waals surface area contributed by atoms with Crippen LogP contribution in [0.5, 0.6) is 0 Å². The van der Waals surface area contributed by atoms with E-state index in [0.717, 1.165) is 12.2 Å². The van der Waals surface area contributed by atoms with Crippen LogP contribution in [0.2, 0.25) is 5.02 Å². The number of hydrogen-bond donors (Lipinski definition) is 2. The summed E-state index contributed by atoms with van der Waals surface area (Å²) in [6, 6.07) is 6.30. The number of piperidine rings is 1. The monoisotopic (exact) mass is 265 g/mol. The number of rotatable bonds is 2. The molecule has 1 heterocycles. The molecule has 2 rings (SSSR count). The van der Waals surface area contributed by atoms with Gasteiger partial charge >= 0.3 is 0 Å². The summed E-state index contributed by atoms with van der Waals surface area (Å²) in [6.07, 6.45) is 2.51. The first-order chi connectivity index (χ1) is 8.50. The third-order valence-corrected chi connectivity index (χ3v) is 4.26. The zero-order valence-corrected chi connectivity index (χ0v) is 11.7. The Kier molecular flexibility index (Phi) is 3.81. The molecule has 1 saturated heterocycles. The fourth-order valence-corrected chi connectivity index (χ4v) is 2.88. The Morgan fingerprint density at radius 1 is 1.44 bits per heavy atom. The third-order valence-electron chi connectivity index (χ3n) is 3.95. The lowest BCUT2D eigenvalue weighted by molar-refractivity contribution is 0.363. The van der Waals surface area contributed by atoms with Gasteiger partial charge in [0, 0.05) is 23.8 Å². The largest absolute Gasteiger partial charge is 0.384 e. The minimum atomic E-state index is 0.0200. The zero-order valence-electron chi connectivity index (χ0n) is 10.9. The molecule has 1 aromatic rings. The molecule has 2 unspecified atom stereocenters. The van der Waals surface area contributed by atoms with Crippen LogP contribution in [0.3, 0.4) is 0 Å². The molecule has 4 heteroatoms. The maximum Gasteiger partial charge on any atom is 0.124 e. The lowest BCUT2D eigenvalue weighted by Crippen LogP contribution is -2.42. The smallest absolute Gasteiger partial charge is 0.124 e. The Bertz CT molecular complexity index is 458. The van der Waals surface area contributed by atoms with E-state index in [9.17, 15) is 0 Å². The molecule has 0 spiro atoms. The molecule has 0 aromatic heterocycles. The summed E-state index contributed by atoms with van der Waals surface area (Å²) in [5.41, 5.74) is 7.22. The number of nitrogens with zero attached hydrogens (tertiary/aromatic N) is 1. The van der Waals surface area contributed by atoms with E-state index in [1.807, 2.05) is 18.2 Å². The Morgan fingerprint density at radius 3 is 2.78 bits per heavy atom. The molecule has 1 aliphatic heterocycles. The van der Waals surface area contributed by atoms with Gasteiger partial charge in [-0.1, -0.05) is 18.5 Å². The highest BCUT2D eigenvalue weighted by atomic mass is 35.5. The molecule has 18 heavy (non-hydrogen) atoms. The van der Waals surface area contributed by atoms with Gasteiger partial charge in [-0.25, -0.2) is 0 Å². The number of benzene rings is 1. The van der Waals surface area contributed by atoms with E-state index in [2.05, 4.69) is 18.7 Å². The van der Waals surface area contributed by atoms with Crippen molar-refractivity contribution in [2.75, 3.05) is 11.4 Å². The average Bonchev–Trinajstić information content (AvgIpc) is 2.32. The topological polar surface area (TPSA) is 53.1 Å². The van der Waals surface area contributed by atoms with Gasteiger partial charge in [0.2, 0.25) is 0 Å². The van der Waals surface area contributed by atoms with Crippen LogP contribution in [0.15, 0.2) is 18.2 Å². The van der Waals surface area contributed by atoms with Gasteiger partial charge in [-0.15, -0.1) is 0 Å². The van der Waals surface area contributed by atoms with Crippen molar-refractivity contribution in [1.82, 2.24) is 0 Å². The van der Waals surface area contributed by atoms with Gasteiger partial charge in [-0.3, -0.25) is 5.41 Å². The highest BCUT2D eigenvalue weighted by Crippen LogP contribution is 2.31. The molecule has 1 aliphatic rings. The van der Waals surface area contributed by atoms with Crippen molar-refractivity contribution in [2.24, 2.45) is 11.7 Å². The summed E-state index contributed by atoms with van der Waals surface area (Å²) in [6.45, 7) is 5.63. The van der Waals surface area contributed by atoms with Crippen LogP contribution >= 0.6 is 11.6 Å². The molecule has 98 valence electrons. The lowest BCUT2D eigenvalue weighted by Gasteiger charge is -2.39. The van der Waals surface area contributed by atoms with Crippen molar-refractivity contribution in [3.63, 3.8) is 0 Å². The van der Waals surface area contributed by atoms with Crippen LogP contribution < -0.4 is 10.6 Å². The maximum atomic E-state index is 7.44.